The van der Waals surface area contributed by atoms with Crippen molar-refractivity contribution in [3.05, 3.63) is 64.1 Å². The van der Waals surface area contributed by atoms with Gasteiger partial charge in [-0.05, 0) is 38.1 Å². The lowest BCUT2D eigenvalue weighted by atomic mass is 10.1. The van der Waals surface area contributed by atoms with E-state index in [4.69, 9.17) is 4.74 Å². The molecule has 0 saturated carbocycles. The van der Waals surface area contributed by atoms with E-state index < -0.39 is 5.91 Å². The second-order valence-corrected chi connectivity index (χ2v) is 5.67. The summed E-state index contributed by atoms with van der Waals surface area (Å²) in [7, 11) is 1.55. The predicted molar refractivity (Wildman–Crippen MR) is 97.4 cm³/mol. The summed E-state index contributed by atoms with van der Waals surface area (Å²) < 4.78 is 6.96. The number of benzene rings is 1. The van der Waals surface area contributed by atoms with Gasteiger partial charge in [0, 0.05) is 30.2 Å². The number of methoxy groups -OCH3 is 1. The molecule has 1 amide bonds. The van der Waals surface area contributed by atoms with Crippen LogP contribution in [0, 0.1) is 6.92 Å². The van der Waals surface area contributed by atoms with E-state index in [9.17, 15) is 9.59 Å². The van der Waals surface area contributed by atoms with Crippen molar-refractivity contribution in [3.8, 4) is 5.75 Å². The number of carbonyl (C=O) groups is 1. The molecule has 25 heavy (non-hydrogen) atoms. The number of hydrogen-bond donors (Lipinski definition) is 1. The fourth-order valence-electron chi connectivity index (χ4n) is 2.66. The number of nitrogens with zero attached hydrogens (tertiary/aromatic N) is 2. The molecule has 3 rings (SSSR count). The van der Waals surface area contributed by atoms with E-state index in [1.807, 2.05) is 18.4 Å². The lowest BCUT2D eigenvalue weighted by Gasteiger charge is -2.12. The molecule has 3 aromatic rings. The lowest BCUT2D eigenvalue weighted by Crippen LogP contribution is -2.24. The summed E-state index contributed by atoms with van der Waals surface area (Å²) >= 11 is 0. The molecule has 0 radical (unpaired) electrons. The number of anilines is 1. The molecule has 6 nitrogen and oxygen atoms in total. The maximum absolute atomic E-state index is 12.7. The highest BCUT2D eigenvalue weighted by molar-refractivity contribution is 6.05. The number of carbonyl (C=O) groups excluding carboxylic acids is 1. The number of ether oxygens (including phenoxy) is 1. The fourth-order valence-corrected chi connectivity index (χ4v) is 2.66. The van der Waals surface area contributed by atoms with Gasteiger partial charge in [-0.2, -0.15) is 0 Å². The van der Waals surface area contributed by atoms with Crippen molar-refractivity contribution < 1.29 is 9.53 Å². The monoisotopic (exact) mass is 337 g/mol. The van der Waals surface area contributed by atoms with E-state index in [2.05, 4.69) is 10.3 Å². The van der Waals surface area contributed by atoms with Crippen LogP contribution >= 0.6 is 0 Å². The first-order chi connectivity index (χ1) is 12.0. The third-order valence-electron chi connectivity index (χ3n) is 3.97. The van der Waals surface area contributed by atoms with Crippen molar-refractivity contribution in [2.45, 2.75) is 20.4 Å². The number of fused-ring (bicyclic) bond motifs is 1. The molecule has 0 atom stereocenters. The van der Waals surface area contributed by atoms with Gasteiger partial charge in [0.25, 0.3) is 5.91 Å². The van der Waals surface area contributed by atoms with Crippen molar-refractivity contribution in [2.24, 2.45) is 0 Å². The van der Waals surface area contributed by atoms with Crippen LogP contribution in [0.5, 0.6) is 5.75 Å². The molecule has 0 aliphatic rings. The minimum Gasteiger partial charge on any atom is -0.497 e. The number of amides is 1. The third kappa shape index (κ3) is 3.24. The standard InChI is InChI=1S/C19H19N3O3/c1-4-22-11-16(17(23)15-9-8-12(2)20-18(15)22)19(24)21-13-6-5-7-14(10-13)25-3/h5-11H,4H2,1-3H3,(H,21,24). The number of hydrogen-bond acceptors (Lipinski definition) is 4. The van der Waals surface area contributed by atoms with Crippen LogP contribution in [0.4, 0.5) is 5.69 Å². The largest absolute Gasteiger partial charge is 0.497 e. The van der Waals surface area contributed by atoms with Crippen LogP contribution in [-0.4, -0.2) is 22.6 Å². The highest BCUT2D eigenvalue weighted by atomic mass is 16.5. The van der Waals surface area contributed by atoms with E-state index in [0.717, 1.165) is 5.69 Å². The smallest absolute Gasteiger partial charge is 0.261 e. The Balaban J connectivity index is 2.05. The van der Waals surface area contributed by atoms with Gasteiger partial charge in [0.05, 0.1) is 12.5 Å². The summed E-state index contributed by atoms with van der Waals surface area (Å²) in [6, 6.07) is 10.5. The Bertz CT molecular complexity index is 1010. The predicted octanol–water partition coefficient (Wildman–Crippen LogP) is 2.99. The molecular weight excluding hydrogens is 318 g/mol. The number of aromatic nitrogens is 2. The average molecular weight is 337 g/mol. The zero-order valence-corrected chi connectivity index (χ0v) is 14.4. The Labute approximate surface area is 145 Å². The van der Waals surface area contributed by atoms with Crippen LogP contribution in [-0.2, 0) is 6.54 Å². The van der Waals surface area contributed by atoms with Crippen molar-refractivity contribution in [3.63, 3.8) is 0 Å². The van der Waals surface area contributed by atoms with Gasteiger partial charge < -0.3 is 14.6 Å². The van der Waals surface area contributed by atoms with E-state index in [-0.39, 0.29) is 11.0 Å². The topological polar surface area (TPSA) is 73.2 Å². The molecule has 1 aromatic carbocycles. The first-order valence-corrected chi connectivity index (χ1v) is 7.99. The number of nitrogens with one attached hydrogen (secondary N) is 1. The average Bonchev–Trinajstić information content (AvgIpc) is 2.62. The number of aryl methyl sites for hydroxylation is 2. The van der Waals surface area contributed by atoms with E-state index in [1.165, 1.54) is 0 Å². The van der Waals surface area contributed by atoms with E-state index in [1.54, 1.807) is 49.7 Å². The van der Waals surface area contributed by atoms with E-state index >= 15 is 0 Å². The van der Waals surface area contributed by atoms with Crippen LogP contribution < -0.4 is 15.5 Å². The molecular formula is C19H19N3O3. The van der Waals surface area contributed by atoms with Crippen molar-refractivity contribution in [2.75, 3.05) is 12.4 Å². The van der Waals surface area contributed by atoms with Gasteiger partial charge in [-0.15, -0.1) is 0 Å². The summed E-state index contributed by atoms with van der Waals surface area (Å²) in [5.41, 5.74) is 1.73. The molecule has 0 saturated heterocycles. The summed E-state index contributed by atoms with van der Waals surface area (Å²) in [4.78, 5) is 29.8. The molecule has 0 aliphatic heterocycles. The fraction of sp³-hybridized carbons (Fsp3) is 0.211. The maximum Gasteiger partial charge on any atom is 0.261 e. The summed E-state index contributed by atoms with van der Waals surface area (Å²) in [5, 5.41) is 3.18. The van der Waals surface area contributed by atoms with Gasteiger partial charge in [-0.3, -0.25) is 9.59 Å². The SMILES string of the molecule is CCn1cc(C(=O)Nc2cccc(OC)c2)c(=O)c2ccc(C)nc21. The normalized spacial score (nSPS) is 10.7. The van der Waals surface area contributed by atoms with Crippen LogP contribution in [0.15, 0.2) is 47.4 Å². The quantitative estimate of drug-likeness (QED) is 0.794. The highest BCUT2D eigenvalue weighted by Crippen LogP contribution is 2.18. The Morgan fingerprint density at radius 3 is 2.80 bits per heavy atom. The molecule has 0 unspecified atom stereocenters. The first kappa shape index (κ1) is 16.7. The molecule has 0 spiro atoms. The van der Waals surface area contributed by atoms with Gasteiger partial charge in [0.2, 0.25) is 5.43 Å². The van der Waals surface area contributed by atoms with Crippen LogP contribution in [0.25, 0.3) is 11.0 Å². The molecule has 2 heterocycles. The molecule has 6 heteroatoms. The van der Waals surface area contributed by atoms with Crippen molar-refractivity contribution >= 4 is 22.6 Å². The second kappa shape index (κ2) is 6.76. The number of pyridine rings is 2. The Morgan fingerprint density at radius 1 is 1.28 bits per heavy atom. The van der Waals surface area contributed by atoms with Crippen LogP contribution in [0.1, 0.15) is 23.0 Å². The van der Waals surface area contributed by atoms with Crippen LogP contribution in [0.3, 0.4) is 0 Å². The second-order valence-electron chi connectivity index (χ2n) is 5.67. The van der Waals surface area contributed by atoms with Gasteiger partial charge in [0.15, 0.2) is 0 Å². The first-order valence-electron chi connectivity index (χ1n) is 7.99. The lowest BCUT2D eigenvalue weighted by molar-refractivity contribution is 0.102. The Morgan fingerprint density at radius 2 is 2.08 bits per heavy atom. The molecule has 0 fully saturated rings. The third-order valence-corrected chi connectivity index (χ3v) is 3.97. The summed E-state index contributed by atoms with van der Waals surface area (Å²) in [6.45, 7) is 4.41. The molecule has 0 aliphatic carbocycles. The Hall–Kier alpha value is -3.15. The maximum atomic E-state index is 12.7. The molecule has 128 valence electrons. The van der Waals surface area contributed by atoms with Gasteiger partial charge in [0.1, 0.15) is 17.0 Å². The van der Waals surface area contributed by atoms with Gasteiger partial charge in [-0.25, -0.2) is 4.98 Å². The highest BCUT2D eigenvalue weighted by Gasteiger charge is 2.16. The van der Waals surface area contributed by atoms with E-state index in [0.29, 0.717) is 29.0 Å². The van der Waals surface area contributed by atoms with Gasteiger partial charge >= 0.3 is 0 Å². The minimum absolute atomic E-state index is 0.0859. The Kier molecular flexibility index (Phi) is 4.52. The molecule has 1 N–H and O–H groups in total. The molecule has 2 aromatic heterocycles. The zero-order valence-electron chi connectivity index (χ0n) is 14.4. The number of rotatable bonds is 4. The van der Waals surface area contributed by atoms with Crippen LogP contribution in [0.2, 0.25) is 0 Å². The van der Waals surface area contributed by atoms with Crippen molar-refractivity contribution in [1.82, 2.24) is 9.55 Å². The van der Waals surface area contributed by atoms with Gasteiger partial charge in [-0.1, -0.05) is 6.07 Å². The minimum atomic E-state index is -0.456. The van der Waals surface area contributed by atoms with Crippen molar-refractivity contribution in [1.29, 1.82) is 0 Å². The summed E-state index contributed by atoms with van der Waals surface area (Å²) in [6.07, 6.45) is 1.56. The zero-order chi connectivity index (χ0) is 18.0. The summed E-state index contributed by atoms with van der Waals surface area (Å²) in [5.74, 6) is 0.171. The molecule has 0 bridgehead atoms.